The van der Waals surface area contributed by atoms with Gasteiger partial charge in [0.15, 0.2) is 11.6 Å². The highest BCUT2D eigenvalue weighted by Crippen LogP contribution is 2.28. The van der Waals surface area contributed by atoms with Crippen LogP contribution in [0.4, 0.5) is 4.39 Å². The van der Waals surface area contributed by atoms with E-state index in [0.29, 0.717) is 21.1 Å². The summed E-state index contributed by atoms with van der Waals surface area (Å²) >= 11 is 1.09. The van der Waals surface area contributed by atoms with Crippen molar-refractivity contribution >= 4 is 44.0 Å². The molecular formula is C20H12FN3O3S. The Morgan fingerprint density at radius 1 is 1.29 bits per heavy atom. The van der Waals surface area contributed by atoms with Crippen LogP contribution in [0.15, 0.2) is 54.3 Å². The molecule has 0 saturated heterocycles. The van der Waals surface area contributed by atoms with Crippen molar-refractivity contribution in [2.45, 2.75) is 0 Å². The summed E-state index contributed by atoms with van der Waals surface area (Å²) in [5, 5.41) is 19.9. The molecule has 0 aliphatic heterocycles. The maximum Gasteiger partial charge on any atom is 0.348 e. The lowest BCUT2D eigenvalue weighted by molar-refractivity contribution is 0.0508. The minimum absolute atomic E-state index is 0.119. The standard InChI is InChI=1S/C20H12FN3O3S/c21-13-4-3-7-17-11(13)8-18(28-17)20(26)27-10-16(25)12(9-22)19-23-14-5-1-2-6-15(14)24-19/h1-8,25H,10H2,(H,23,24)/b16-12-. The lowest BCUT2D eigenvalue weighted by Crippen LogP contribution is -2.08. The van der Waals surface area contributed by atoms with E-state index in [4.69, 9.17) is 4.74 Å². The van der Waals surface area contributed by atoms with Crippen LogP contribution in [0.2, 0.25) is 0 Å². The molecule has 2 aromatic heterocycles. The van der Waals surface area contributed by atoms with Crippen molar-refractivity contribution in [2.24, 2.45) is 0 Å². The highest BCUT2D eigenvalue weighted by atomic mass is 32.1. The normalized spacial score (nSPS) is 12.0. The number of thiophene rings is 1. The second-order valence-corrected chi connectivity index (χ2v) is 6.96. The van der Waals surface area contributed by atoms with Crippen LogP contribution in [0.25, 0.3) is 26.7 Å². The van der Waals surface area contributed by atoms with Crippen molar-refractivity contribution < 1.29 is 19.0 Å². The molecule has 0 amide bonds. The maximum absolute atomic E-state index is 13.8. The molecule has 0 bridgehead atoms. The number of aromatic amines is 1. The van der Waals surface area contributed by atoms with Crippen LogP contribution in [-0.4, -0.2) is 27.7 Å². The van der Waals surface area contributed by atoms with Gasteiger partial charge in [0.25, 0.3) is 0 Å². The first-order valence-electron chi connectivity index (χ1n) is 8.19. The van der Waals surface area contributed by atoms with E-state index in [-0.39, 0.29) is 16.3 Å². The van der Waals surface area contributed by atoms with Gasteiger partial charge in [-0.1, -0.05) is 18.2 Å². The van der Waals surface area contributed by atoms with Crippen LogP contribution in [0.1, 0.15) is 15.5 Å². The van der Waals surface area contributed by atoms with E-state index in [1.165, 1.54) is 12.1 Å². The van der Waals surface area contributed by atoms with Crippen LogP contribution >= 0.6 is 11.3 Å². The Labute approximate surface area is 162 Å². The van der Waals surface area contributed by atoms with E-state index in [1.807, 2.05) is 12.1 Å². The van der Waals surface area contributed by atoms with E-state index in [2.05, 4.69) is 9.97 Å². The van der Waals surface area contributed by atoms with Gasteiger partial charge >= 0.3 is 5.97 Å². The molecule has 0 saturated carbocycles. The fourth-order valence-corrected chi connectivity index (χ4v) is 3.70. The number of aliphatic hydroxyl groups excluding tert-OH is 1. The SMILES string of the molecule is N#C/C(=C(/O)COC(=O)c1cc2c(F)cccc2s1)c1nc2ccccc2[nH]1. The third kappa shape index (κ3) is 3.19. The molecule has 2 heterocycles. The number of hydrogen-bond donors (Lipinski definition) is 2. The highest BCUT2D eigenvalue weighted by molar-refractivity contribution is 7.20. The molecule has 0 aliphatic carbocycles. The van der Waals surface area contributed by atoms with Crippen LogP contribution in [0, 0.1) is 17.1 Å². The fourth-order valence-electron chi connectivity index (χ4n) is 2.73. The molecular weight excluding hydrogens is 381 g/mol. The van der Waals surface area contributed by atoms with Gasteiger partial charge in [0.05, 0.1) is 11.0 Å². The molecule has 2 aromatic carbocycles. The summed E-state index contributed by atoms with van der Waals surface area (Å²) in [6.45, 7) is -0.504. The van der Waals surface area contributed by atoms with E-state index in [0.717, 1.165) is 11.3 Å². The summed E-state index contributed by atoms with van der Waals surface area (Å²) in [7, 11) is 0. The number of benzene rings is 2. The molecule has 138 valence electrons. The number of nitrogens with zero attached hydrogens (tertiary/aromatic N) is 2. The summed E-state index contributed by atoms with van der Waals surface area (Å²) < 4.78 is 19.5. The number of nitriles is 1. The lowest BCUT2D eigenvalue weighted by Gasteiger charge is -2.04. The Kier molecular flexibility index (Phi) is 4.51. The van der Waals surface area contributed by atoms with Gasteiger partial charge in [-0.15, -0.1) is 11.3 Å². The predicted molar refractivity (Wildman–Crippen MR) is 103 cm³/mol. The van der Waals surface area contributed by atoms with Crippen LogP contribution in [0.3, 0.4) is 0 Å². The number of aromatic nitrogens is 2. The van der Waals surface area contributed by atoms with Gasteiger partial charge in [0.2, 0.25) is 0 Å². The van der Waals surface area contributed by atoms with Crippen molar-refractivity contribution in [1.82, 2.24) is 9.97 Å². The number of esters is 1. The summed E-state index contributed by atoms with van der Waals surface area (Å²) in [4.78, 5) is 19.6. The number of rotatable bonds is 4. The van der Waals surface area contributed by atoms with Crippen molar-refractivity contribution in [2.75, 3.05) is 6.61 Å². The Morgan fingerprint density at radius 2 is 2.11 bits per heavy atom. The molecule has 0 radical (unpaired) electrons. The van der Waals surface area contributed by atoms with Gasteiger partial charge in [-0.3, -0.25) is 0 Å². The van der Waals surface area contributed by atoms with Gasteiger partial charge in [0.1, 0.15) is 28.9 Å². The number of halogens is 1. The lowest BCUT2D eigenvalue weighted by atomic mass is 10.2. The number of imidazole rings is 1. The number of fused-ring (bicyclic) bond motifs is 2. The van der Waals surface area contributed by atoms with Gasteiger partial charge in [-0.2, -0.15) is 5.26 Å². The van der Waals surface area contributed by atoms with Crippen molar-refractivity contribution in [3.05, 3.63) is 70.8 Å². The predicted octanol–water partition coefficient (Wildman–Crippen LogP) is 4.57. The Bertz CT molecular complexity index is 1250. The molecule has 0 atom stereocenters. The van der Waals surface area contributed by atoms with Crippen molar-refractivity contribution in [3.8, 4) is 6.07 Å². The van der Waals surface area contributed by atoms with E-state index < -0.39 is 24.2 Å². The number of allylic oxidation sites excluding steroid dienone is 1. The van der Waals surface area contributed by atoms with Gasteiger partial charge < -0.3 is 14.8 Å². The zero-order valence-corrected chi connectivity index (χ0v) is 15.1. The molecule has 4 rings (SSSR count). The number of aliphatic hydroxyl groups is 1. The summed E-state index contributed by atoms with van der Waals surface area (Å²) in [6, 6.07) is 15.0. The minimum atomic E-state index is -0.714. The summed E-state index contributed by atoms with van der Waals surface area (Å²) in [5.41, 5.74) is 1.23. The van der Waals surface area contributed by atoms with E-state index in [9.17, 15) is 19.6 Å². The second kappa shape index (κ2) is 7.13. The fraction of sp³-hybridized carbons (Fsp3) is 0.0500. The largest absolute Gasteiger partial charge is 0.507 e. The number of ether oxygens (including phenoxy) is 1. The molecule has 2 N–H and O–H groups in total. The van der Waals surface area contributed by atoms with Crippen LogP contribution < -0.4 is 0 Å². The minimum Gasteiger partial charge on any atom is -0.507 e. The number of carbonyl (C=O) groups excluding carboxylic acids is 1. The third-order valence-electron chi connectivity index (χ3n) is 4.08. The van der Waals surface area contributed by atoms with Gasteiger partial charge in [-0.25, -0.2) is 14.2 Å². The highest BCUT2D eigenvalue weighted by Gasteiger charge is 2.17. The molecule has 4 aromatic rings. The Morgan fingerprint density at radius 3 is 2.86 bits per heavy atom. The monoisotopic (exact) mass is 393 g/mol. The van der Waals surface area contributed by atoms with E-state index >= 15 is 0 Å². The van der Waals surface area contributed by atoms with Gasteiger partial charge in [-0.05, 0) is 30.3 Å². The average Bonchev–Trinajstić information content (AvgIpc) is 3.31. The second-order valence-electron chi connectivity index (χ2n) is 5.87. The number of hydrogen-bond acceptors (Lipinski definition) is 6. The van der Waals surface area contributed by atoms with E-state index in [1.54, 1.807) is 30.3 Å². The number of para-hydroxylation sites is 2. The molecule has 0 spiro atoms. The zero-order valence-electron chi connectivity index (χ0n) is 14.3. The molecule has 28 heavy (non-hydrogen) atoms. The topological polar surface area (TPSA) is 99.0 Å². The number of H-pyrrole nitrogens is 1. The van der Waals surface area contributed by atoms with Crippen molar-refractivity contribution in [3.63, 3.8) is 0 Å². The molecule has 0 aliphatic rings. The molecule has 6 nitrogen and oxygen atoms in total. The smallest absolute Gasteiger partial charge is 0.348 e. The molecule has 0 unspecified atom stereocenters. The van der Waals surface area contributed by atoms with Crippen molar-refractivity contribution in [1.29, 1.82) is 5.26 Å². The Balaban J connectivity index is 1.55. The quantitative estimate of drug-likeness (QED) is 0.301. The first-order valence-corrected chi connectivity index (χ1v) is 9.01. The van der Waals surface area contributed by atoms with Crippen LogP contribution in [0.5, 0.6) is 0 Å². The van der Waals surface area contributed by atoms with Gasteiger partial charge in [0, 0.05) is 10.1 Å². The first-order chi connectivity index (χ1) is 13.6. The average molecular weight is 393 g/mol. The summed E-state index contributed by atoms with van der Waals surface area (Å²) in [5.74, 6) is -1.38. The number of carbonyl (C=O) groups is 1. The summed E-state index contributed by atoms with van der Waals surface area (Å²) in [6.07, 6.45) is 0. The third-order valence-corrected chi connectivity index (χ3v) is 5.16. The van der Waals surface area contributed by atoms with Crippen LogP contribution in [-0.2, 0) is 4.74 Å². The molecule has 8 heteroatoms. The zero-order chi connectivity index (χ0) is 19.7. The number of nitrogens with one attached hydrogen (secondary N) is 1. The molecule has 0 fully saturated rings. The Hall–Kier alpha value is -3.70. The first kappa shape index (κ1) is 17.7. The maximum atomic E-state index is 13.8.